The molecule has 0 aliphatic heterocycles. The van der Waals surface area contributed by atoms with Gasteiger partial charge in [0, 0.05) is 38.1 Å². The summed E-state index contributed by atoms with van der Waals surface area (Å²) in [7, 11) is -1.82. The Balaban J connectivity index is 2.12. The van der Waals surface area contributed by atoms with Crippen LogP contribution in [-0.4, -0.2) is 32.2 Å². The van der Waals surface area contributed by atoms with Gasteiger partial charge in [0.2, 0.25) is 10.0 Å². The summed E-state index contributed by atoms with van der Waals surface area (Å²) in [4.78, 5) is 0.292. The molecule has 1 fully saturated rings. The van der Waals surface area contributed by atoms with Crippen molar-refractivity contribution >= 4 is 10.0 Å². The third kappa shape index (κ3) is 3.22. The lowest BCUT2D eigenvalue weighted by atomic mass is 10.3. The first-order valence-electron chi connectivity index (χ1n) is 6.94. The van der Waals surface area contributed by atoms with Crippen molar-refractivity contribution in [2.75, 3.05) is 7.11 Å². The molecule has 1 aliphatic rings. The monoisotopic (exact) mass is 301 g/mol. The van der Waals surface area contributed by atoms with E-state index in [9.17, 15) is 8.42 Å². The number of hydrogen-bond donors (Lipinski definition) is 2. The summed E-state index contributed by atoms with van der Waals surface area (Å²) in [5, 5.41) is 0. The Labute approximate surface area is 120 Å². The number of nitrogens with two attached hydrogens (primary N) is 1. The highest BCUT2D eigenvalue weighted by atomic mass is 32.2. The Kier molecular flexibility index (Phi) is 4.85. The largest absolute Gasteiger partial charge is 0.381 e. The van der Waals surface area contributed by atoms with Crippen LogP contribution in [0.2, 0.25) is 0 Å². The van der Waals surface area contributed by atoms with Gasteiger partial charge >= 0.3 is 0 Å². The normalized spacial score (nSPS) is 23.4. The Bertz CT molecular complexity index is 532. The molecule has 1 aromatic rings. The summed E-state index contributed by atoms with van der Waals surface area (Å²) in [6.45, 7) is 3.00. The van der Waals surface area contributed by atoms with Crippen molar-refractivity contribution in [3.63, 3.8) is 0 Å². The second kappa shape index (κ2) is 6.26. The second-order valence-corrected chi connectivity index (χ2v) is 6.86. The molecule has 6 nitrogen and oxygen atoms in total. The van der Waals surface area contributed by atoms with Crippen LogP contribution in [0.1, 0.15) is 31.9 Å². The number of nitrogens with zero attached hydrogens (tertiary/aromatic N) is 1. The van der Waals surface area contributed by atoms with Crippen LogP contribution in [0.5, 0.6) is 0 Å². The van der Waals surface area contributed by atoms with Gasteiger partial charge in [0.05, 0.1) is 11.0 Å². The fourth-order valence-corrected chi connectivity index (χ4v) is 4.03. The Morgan fingerprint density at radius 1 is 1.50 bits per heavy atom. The third-order valence-electron chi connectivity index (χ3n) is 3.86. The lowest BCUT2D eigenvalue weighted by Gasteiger charge is -2.12. The Morgan fingerprint density at radius 2 is 2.25 bits per heavy atom. The molecule has 1 aliphatic carbocycles. The van der Waals surface area contributed by atoms with Gasteiger partial charge in [0.25, 0.3) is 0 Å². The van der Waals surface area contributed by atoms with E-state index in [0.29, 0.717) is 18.0 Å². The molecule has 0 aromatic carbocycles. The average Bonchev–Trinajstić information content (AvgIpc) is 3.03. The van der Waals surface area contributed by atoms with Gasteiger partial charge in [-0.3, -0.25) is 0 Å². The van der Waals surface area contributed by atoms with Crippen molar-refractivity contribution < 1.29 is 13.2 Å². The molecule has 7 heteroatoms. The minimum Gasteiger partial charge on any atom is -0.381 e. The predicted octanol–water partition coefficient (Wildman–Crippen LogP) is 0.812. The number of hydrogen-bond acceptors (Lipinski definition) is 4. The summed E-state index contributed by atoms with van der Waals surface area (Å²) in [5.74, 6) is 0. The van der Waals surface area contributed by atoms with E-state index in [0.717, 1.165) is 25.0 Å². The van der Waals surface area contributed by atoms with E-state index in [-0.39, 0.29) is 12.1 Å². The van der Waals surface area contributed by atoms with Crippen molar-refractivity contribution in [3.05, 3.63) is 18.0 Å². The van der Waals surface area contributed by atoms with Crippen molar-refractivity contribution in [2.45, 2.75) is 56.3 Å². The number of methoxy groups -OCH3 is 1. The number of ether oxygens (including phenoxy) is 1. The third-order valence-corrected chi connectivity index (χ3v) is 5.35. The number of rotatable bonds is 6. The Morgan fingerprint density at radius 3 is 2.75 bits per heavy atom. The summed E-state index contributed by atoms with van der Waals surface area (Å²) in [6.07, 6.45) is 4.24. The highest BCUT2D eigenvalue weighted by molar-refractivity contribution is 7.89. The predicted molar refractivity (Wildman–Crippen MR) is 76.8 cm³/mol. The van der Waals surface area contributed by atoms with E-state index in [1.165, 1.54) is 0 Å². The SMILES string of the molecule is CCn1cc(S(=O)(=O)NC2CCC(OC)C2)cc1CN. The molecule has 0 amide bonds. The van der Waals surface area contributed by atoms with Crippen LogP contribution in [0.15, 0.2) is 17.2 Å². The molecule has 114 valence electrons. The lowest BCUT2D eigenvalue weighted by Crippen LogP contribution is -2.33. The van der Waals surface area contributed by atoms with Crippen LogP contribution >= 0.6 is 0 Å². The van der Waals surface area contributed by atoms with Gasteiger partial charge < -0.3 is 15.0 Å². The first-order chi connectivity index (χ1) is 9.50. The zero-order valence-corrected chi connectivity index (χ0v) is 12.8. The fraction of sp³-hybridized carbons (Fsp3) is 0.692. The van der Waals surface area contributed by atoms with Crippen LogP contribution in [-0.2, 0) is 27.8 Å². The zero-order chi connectivity index (χ0) is 14.8. The maximum Gasteiger partial charge on any atom is 0.242 e. The molecule has 2 rings (SSSR count). The van der Waals surface area contributed by atoms with Gasteiger partial charge in [-0.25, -0.2) is 13.1 Å². The highest BCUT2D eigenvalue weighted by Crippen LogP contribution is 2.23. The van der Waals surface area contributed by atoms with Crippen LogP contribution in [0, 0.1) is 0 Å². The molecule has 2 atom stereocenters. The van der Waals surface area contributed by atoms with E-state index < -0.39 is 10.0 Å². The molecule has 0 radical (unpaired) electrons. The molecule has 20 heavy (non-hydrogen) atoms. The zero-order valence-electron chi connectivity index (χ0n) is 12.0. The van der Waals surface area contributed by atoms with Gasteiger partial charge in [-0.1, -0.05) is 0 Å². The van der Waals surface area contributed by atoms with Crippen LogP contribution < -0.4 is 10.5 Å². The standard InChI is InChI=1S/C13H23N3O3S/c1-3-16-9-13(7-11(16)8-14)20(17,18)15-10-4-5-12(6-10)19-2/h7,9-10,12,15H,3-6,8,14H2,1-2H3. The molecular formula is C13H23N3O3S. The quantitative estimate of drug-likeness (QED) is 0.814. The molecule has 2 unspecified atom stereocenters. The summed E-state index contributed by atoms with van der Waals surface area (Å²) in [5.41, 5.74) is 6.46. The first-order valence-corrected chi connectivity index (χ1v) is 8.42. The van der Waals surface area contributed by atoms with Crippen molar-refractivity contribution in [3.8, 4) is 0 Å². The molecule has 0 bridgehead atoms. The van der Waals surface area contributed by atoms with Crippen molar-refractivity contribution in [1.29, 1.82) is 0 Å². The minimum atomic E-state index is -3.48. The van der Waals surface area contributed by atoms with Crippen molar-refractivity contribution in [2.24, 2.45) is 5.73 Å². The van der Waals surface area contributed by atoms with E-state index in [4.69, 9.17) is 10.5 Å². The van der Waals surface area contributed by atoms with Gasteiger partial charge in [-0.05, 0) is 32.3 Å². The van der Waals surface area contributed by atoms with Gasteiger partial charge in [0.15, 0.2) is 0 Å². The molecule has 0 saturated heterocycles. The molecule has 3 N–H and O–H groups in total. The minimum absolute atomic E-state index is 0.0451. The van der Waals surface area contributed by atoms with E-state index in [1.807, 2.05) is 11.5 Å². The maximum atomic E-state index is 12.4. The second-order valence-electron chi connectivity index (χ2n) is 5.15. The van der Waals surface area contributed by atoms with Gasteiger partial charge in [-0.2, -0.15) is 0 Å². The Hall–Kier alpha value is -0.890. The smallest absolute Gasteiger partial charge is 0.242 e. The van der Waals surface area contributed by atoms with Gasteiger partial charge in [0.1, 0.15) is 0 Å². The molecular weight excluding hydrogens is 278 g/mol. The molecule has 1 saturated carbocycles. The van der Waals surface area contributed by atoms with Crippen LogP contribution in [0.3, 0.4) is 0 Å². The number of aromatic nitrogens is 1. The highest BCUT2D eigenvalue weighted by Gasteiger charge is 2.29. The fourth-order valence-electron chi connectivity index (χ4n) is 2.69. The topological polar surface area (TPSA) is 86.3 Å². The lowest BCUT2D eigenvalue weighted by molar-refractivity contribution is 0.107. The van der Waals surface area contributed by atoms with Crippen LogP contribution in [0.4, 0.5) is 0 Å². The molecule has 1 aromatic heterocycles. The summed E-state index contributed by atoms with van der Waals surface area (Å²) < 4.78 is 34.6. The molecule has 1 heterocycles. The van der Waals surface area contributed by atoms with Gasteiger partial charge in [-0.15, -0.1) is 0 Å². The van der Waals surface area contributed by atoms with E-state index in [1.54, 1.807) is 19.4 Å². The number of nitrogens with one attached hydrogen (secondary N) is 1. The number of sulfonamides is 1. The average molecular weight is 301 g/mol. The maximum absolute atomic E-state index is 12.4. The summed E-state index contributed by atoms with van der Waals surface area (Å²) in [6, 6.07) is 1.60. The summed E-state index contributed by atoms with van der Waals surface area (Å²) >= 11 is 0. The molecule has 0 spiro atoms. The first kappa shape index (κ1) is 15.5. The van der Waals surface area contributed by atoms with Crippen LogP contribution in [0.25, 0.3) is 0 Å². The van der Waals surface area contributed by atoms with E-state index >= 15 is 0 Å². The van der Waals surface area contributed by atoms with E-state index in [2.05, 4.69) is 4.72 Å². The van der Waals surface area contributed by atoms with Crippen molar-refractivity contribution in [1.82, 2.24) is 9.29 Å². The number of aryl methyl sites for hydroxylation is 1.